The predicted octanol–water partition coefficient (Wildman–Crippen LogP) is 5.13. The van der Waals surface area contributed by atoms with Crippen molar-refractivity contribution in [1.29, 1.82) is 0 Å². The number of carbonyl (C=O) groups excluding carboxylic acids is 2. The summed E-state index contributed by atoms with van der Waals surface area (Å²) in [5, 5.41) is 5.97. The van der Waals surface area contributed by atoms with E-state index < -0.39 is 12.0 Å². The van der Waals surface area contributed by atoms with Crippen LogP contribution in [0.3, 0.4) is 0 Å². The molecule has 1 atom stereocenters. The number of ether oxygens (including phenoxy) is 2. The van der Waals surface area contributed by atoms with Crippen LogP contribution in [0.4, 0.5) is 5.69 Å². The summed E-state index contributed by atoms with van der Waals surface area (Å²) in [7, 11) is 0. The van der Waals surface area contributed by atoms with Crippen LogP contribution in [0.5, 0.6) is 5.75 Å². The van der Waals surface area contributed by atoms with E-state index in [-0.39, 0.29) is 19.1 Å². The summed E-state index contributed by atoms with van der Waals surface area (Å²) < 4.78 is 11.2. The summed E-state index contributed by atoms with van der Waals surface area (Å²) in [5.74, 6) is -0.265. The van der Waals surface area contributed by atoms with Crippen molar-refractivity contribution in [3.63, 3.8) is 0 Å². The minimum Gasteiger partial charge on any atom is -0.483 e. The zero-order valence-corrected chi connectivity index (χ0v) is 19.7. The Labute approximate surface area is 201 Å². The maximum atomic E-state index is 12.9. The van der Waals surface area contributed by atoms with Crippen molar-refractivity contribution >= 4 is 46.1 Å². The third kappa shape index (κ3) is 5.07. The summed E-state index contributed by atoms with van der Waals surface area (Å²) in [6.45, 7) is 3.61. The van der Waals surface area contributed by atoms with Gasteiger partial charge in [-0.1, -0.05) is 47.6 Å². The van der Waals surface area contributed by atoms with Gasteiger partial charge in [0.25, 0.3) is 5.91 Å². The molecule has 1 N–H and O–H groups in total. The molecule has 0 saturated carbocycles. The maximum absolute atomic E-state index is 12.9. The lowest BCUT2D eigenvalue weighted by molar-refractivity contribution is -0.139. The number of allylic oxidation sites excluding steroid dienone is 1. The fraction of sp³-hybridized carbons (Fsp3) is 0.208. The van der Waals surface area contributed by atoms with Crippen LogP contribution in [-0.4, -0.2) is 35.2 Å². The van der Waals surface area contributed by atoms with E-state index in [2.05, 4.69) is 10.3 Å². The number of halogens is 1. The number of amides is 1. The van der Waals surface area contributed by atoms with Gasteiger partial charge in [0, 0.05) is 22.5 Å². The lowest BCUT2D eigenvalue weighted by atomic mass is 9.94. The number of fused-ring (bicyclic) bond motifs is 1. The van der Waals surface area contributed by atoms with Gasteiger partial charge < -0.3 is 19.7 Å². The average Bonchev–Trinajstić information content (AvgIpc) is 3.25. The van der Waals surface area contributed by atoms with Crippen molar-refractivity contribution in [1.82, 2.24) is 4.90 Å². The Morgan fingerprint density at radius 3 is 2.82 bits per heavy atom. The molecule has 4 rings (SSSR count). The van der Waals surface area contributed by atoms with Gasteiger partial charge in [0.2, 0.25) is 0 Å². The first-order valence-electron chi connectivity index (χ1n) is 10.3. The summed E-state index contributed by atoms with van der Waals surface area (Å²) in [5.41, 5.74) is 2.34. The third-order valence-electron chi connectivity index (χ3n) is 5.00. The lowest BCUT2D eigenvalue weighted by Crippen LogP contribution is -2.34. The summed E-state index contributed by atoms with van der Waals surface area (Å²) in [4.78, 5) is 31.8. The third-order valence-corrected chi connectivity index (χ3v) is 6.00. The molecule has 0 aromatic heterocycles. The van der Waals surface area contributed by atoms with E-state index in [1.807, 2.05) is 34.7 Å². The van der Waals surface area contributed by atoms with Crippen LogP contribution in [0.1, 0.15) is 25.5 Å². The number of nitrogens with zero attached hydrogens (tertiary/aromatic N) is 2. The van der Waals surface area contributed by atoms with Crippen LogP contribution in [-0.2, 0) is 14.3 Å². The number of carbonyl (C=O) groups is 2. The number of thioether (sulfide) groups is 1. The zero-order chi connectivity index (χ0) is 23.4. The molecule has 0 aliphatic carbocycles. The van der Waals surface area contributed by atoms with E-state index in [0.29, 0.717) is 27.7 Å². The number of aliphatic imine (C=N–C) groups is 1. The minimum absolute atomic E-state index is 0.209. The van der Waals surface area contributed by atoms with E-state index >= 15 is 0 Å². The van der Waals surface area contributed by atoms with Crippen LogP contribution < -0.4 is 10.1 Å². The SMILES string of the molecule is CCOC(=O)C1=C(C)N=C2SC=CN2[C@@H]1c1ccccc1OCC(=O)Nc1cccc(Cl)c1. The number of esters is 1. The summed E-state index contributed by atoms with van der Waals surface area (Å²) in [6, 6.07) is 13.7. The Morgan fingerprint density at radius 2 is 2.03 bits per heavy atom. The van der Waals surface area contributed by atoms with E-state index in [4.69, 9.17) is 21.1 Å². The predicted molar refractivity (Wildman–Crippen MR) is 130 cm³/mol. The molecular weight excluding hydrogens is 462 g/mol. The van der Waals surface area contributed by atoms with E-state index in [1.54, 1.807) is 44.2 Å². The molecule has 9 heteroatoms. The van der Waals surface area contributed by atoms with Gasteiger partial charge in [-0.15, -0.1) is 0 Å². The molecule has 7 nitrogen and oxygen atoms in total. The largest absolute Gasteiger partial charge is 0.483 e. The number of nitrogens with one attached hydrogen (secondary N) is 1. The molecule has 2 aliphatic heterocycles. The molecule has 2 aliphatic rings. The lowest BCUT2D eigenvalue weighted by Gasteiger charge is -2.34. The standard InChI is InChI=1S/C24H22ClN3O4S/c1-3-31-23(30)21-15(2)26-24-28(11-12-33-24)22(21)18-9-4-5-10-19(18)32-14-20(29)27-17-8-6-7-16(25)13-17/h4-13,22H,3,14H2,1-2H3,(H,27,29)/t22-/m1/s1. The summed E-state index contributed by atoms with van der Waals surface area (Å²) in [6.07, 6.45) is 1.88. The van der Waals surface area contributed by atoms with Gasteiger partial charge in [0.05, 0.1) is 23.9 Å². The van der Waals surface area contributed by atoms with Crippen molar-refractivity contribution in [3.8, 4) is 5.75 Å². The van der Waals surface area contributed by atoms with Gasteiger partial charge in [-0.3, -0.25) is 4.79 Å². The van der Waals surface area contributed by atoms with E-state index in [9.17, 15) is 9.59 Å². The monoisotopic (exact) mass is 483 g/mol. The molecule has 0 spiro atoms. The molecule has 0 bridgehead atoms. The Kier molecular flexibility index (Phi) is 7.05. The first-order valence-corrected chi connectivity index (χ1v) is 11.6. The molecule has 0 fully saturated rings. The second-order valence-corrected chi connectivity index (χ2v) is 8.52. The normalized spacial score (nSPS) is 16.9. The second-order valence-electron chi connectivity index (χ2n) is 7.21. The van der Waals surface area contributed by atoms with Crippen molar-refractivity contribution < 1.29 is 19.1 Å². The number of hydrogen-bond donors (Lipinski definition) is 1. The number of para-hydroxylation sites is 1. The Hall–Kier alpha value is -3.23. The number of benzene rings is 2. The Bertz CT molecular complexity index is 1180. The smallest absolute Gasteiger partial charge is 0.338 e. The van der Waals surface area contributed by atoms with Crippen molar-refractivity contribution in [2.24, 2.45) is 4.99 Å². The number of amidine groups is 1. The van der Waals surface area contributed by atoms with Gasteiger partial charge >= 0.3 is 5.97 Å². The highest BCUT2D eigenvalue weighted by Gasteiger charge is 2.38. The second kappa shape index (κ2) is 10.1. The van der Waals surface area contributed by atoms with Crippen LogP contribution in [0.15, 0.2) is 76.4 Å². The Morgan fingerprint density at radius 1 is 1.21 bits per heavy atom. The molecule has 0 unspecified atom stereocenters. The van der Waals surface area contributed by atoms with Crippen molar-refractivity contribution in [2.75, 3.05) is 18.5 Å². The highest BCUT2D eigenvalue weighted by molar-refractivity contribution is 8.16. The highest BCUT2D eigenvalue weighted by Crippen LogP contribution is 2.43. The molecule has 33 heavy (non-hydrogen) atoms. The van der Waals surface area contributed by atoms with Crippen LogP contribution >= 0.6 is 23.4 Å². The number of rotatable bonds is 7. The maximum Gasteiger partial charge on any atom is 0.338 e. The zero-order valence-electron chi connectivity index (χ0n) is 18.1. The molecule has 1 amide bonds. The molecule has 0 radical (unpaired) electrons. The molecule has 2 aromatic rings. The van der Waals surface area contributed by atoms with E-state index in [1.165, 1.54) is 11.8 Å². The quantitative estimate of drug-likeness (QED) is 0.550. The van der Waals surface area contributed by atoms with E-state index in [0.717, 1.165) is 10.7 Å². The number of hydrogen-bond acceptors (Lipinski definition) is 7. The van der Waals surface area contributed by atoms with Gasteiger partial charge in [-0.25, -0.2) is 9.79 Å². The van der Waals surface area contributed by atoms with Crippen LogP contribution in [0, 0.1) is 0 Å². The number of anilines is 1. The van der Waals surface area contributed by atoms with Gasteiger partial charge in [-0.2, -0.15) is 0 Å². The highest BCUT2D eigenvalue weighted by atomic mass is 35.5. The molecule has 170 valence electrons. The molecule has 2 aromatic carbocycles. The first-order chi connectivity index (χ1) is 16.0. The fourth-order valence-electron chi connectivity index (χ4n) is 3.62. The van der Waals surface area contributed by atoms with Gasteiger partial charge in [-0.05, 0) is 43.5 Å². The average molecular weight is 484 g/mol. The van der Waals surface area contributed by atoms with Crippen LogP contribution in [0.25, 0.3) is 0 Å². The minimum atomic E-state index is -0.491. The first kappa shape index (κ1) is 22.9. The van der Waals surface area contributed by atoms with Crippen molar-refractivity contribution in [2.45, 2.75) is 19.9 Å². The topological polar surface area (TPSA) is 80.2 Å². The molecule has 0 saturated heterocycles. The van der Waals surface area contributed by atoms with Crippen molar-refractivity contribution in [3.05, 3.63) is 82.0 Å². The van der Waals surface area contributed by atoms with Gasteiger partial charge in [0.1, 0.15) is 5.75 Å². The molecular formula is C24H22ClN3O4S. The Balaban J connectivity index is 1.60. The molecule has 2 heterocycles. The summed E-state index contributed by atoms with van der Waals surface area (Å²) >= 11 is 7.46. The van der Waals surface area contributed by atoms with Crippen LogP contribution in [0.2, 0.25) is 5.02 Å². The van der Waals surface area contributed by atoms with Gasteiger partial charge in [0.15, 0.2) is 11.8 Å². The fourth-order valence-corrected chi connectivity index (χ4v) is 4.60.